The number of ketones is 2. The molecule has 0 spiro atoms. The van der Waals surface area contributed by atoms with Gasteiger partial charge < -0.3 is 19.1 Å². The largest absolute Gasteiger partial charge is 0.465 e. The fourth-order valence-corrected chi connectivity index (χ4v) is 5.88. The van der Waals surface area contributed by atoms with Gasteiger partial charge in [-0.1, -0.05) is 104 Å². The third kappa shape index (κ3) is 34.2. The van der Waals surface area contributed by atoms with Crippen molar-refractivity contribution in [1.82, 2.24) is 4.90 Å². The molecule has 0 aliphatic heterocycles. The third-order valence-electron chi connectivity index (χ3n) is 8.95. The molecule has 0 aromatic rings. The molecule has 0 saturated heterocycles. The molecule has 0 rings (SSSR count). The van der Waals surface area contributed by atoms with Crippen LogP contribution in [-0.4, -0.2) is 74.3 Å². The van der Waals surface area contributed by atoms with Crippen LogP contribution in [0.5, 0.6) is 0 Å². The summed E-state index contributed by atoms with van der Waals surface area (Å²) in [5.74, 6) is -0.959. The van der Waals surface area contributed by atoms with Gasteiger partial charge >= 0.3 is 17.9 Å². The first-order valence-corrected chi connectivity index (χ1v) is 20.4. The van der Waals surface area contributed by atoms with Gasteiger partial charge in [0.15, 0.2) is 0 Å². The predicted molar refractivity (Wildman–Crippen MR) is 201 cm³/mol. The Kier molecular flexibility index (Phi) is 33.5. The van der Waals surface area contributed by atoms with Crippen LogP contribution in [0.25, 0.3) is 0 Å². The first-order valence-electron chi connectivity index (χ1n) is 20.4. The quantitative estimate of drug-likeness (QED) is 0.0269. The second kappa shape index (κ2) is 35.1. The Bertz CT molecular complexity index is 819. The molecular formula is C41H75NO8. The topological polar surface area (TPSA) is 116 Å². The predicted octanol–water partition coefficient (Wildman–Crippen LogP) is 9.65. The molecule has 0 aliphatic carbocycles. The monoisotopic (exact) mass is 710 g/mol. The molecule has 0 N–H and O–H groups in total. The Morgan fingerprint density at radius 1 is 0.460 bits per heavy atom. The third-order valence-corrected chi connectivity index (χ3v) is 8.95. The van der Waals surface area contributed by atoms with Gasteiger partial charge in [-0.3, -0.25) is 24.0 Å². The van der Waals surface area contributed by atoms with Crippen LogP contribution in [0, 0.1) is 0 Å². The number of nitrogens with zero attached hydrogens (tertiary/aromatic N) is 1. The van der Waals surface area contributed by atoms with Crippen molar-refractivity contribution >= 4 is 29.5 Å². The average Bonchev–Trinajstić information content (AvgIpc) is 3.06. The summed E-state index contributed by atoms with van der Waals surface area (Å²) in [6.45, 7) is 5.96. The lowest BCUT2D eigenvalue weighted by molar-refractivity contribution is -0.150. The van der Waals surface area contributed by atoms with E-state index >= 15 is 0 Å². The highest BCUT2D eigenvalue weighted by Crippen LogP contribution is 2.18. The van der Waals surface area contributed by atoms with Crippen LogP contribution in [0.4, 0.5) is 0 Å². The summed E-state index contributed by atoms with van der Waals surface area (Å²) >= 11 is 0. The Morgan fingerprint density at radius 2 is 0.860 bits per heavy atom. The van der Waals surface area contributed by atoms with Crippen LogP contribution in [-0.2, 0) is 38.2 Å². The molecule has 9 nitrogen and oxygen atoms in total. The summed E-state index contributed by atoms with van der Waals surface area (Å²) in [5, 5.41) is 0. The van der Waals surface area contributed by atoms with Gasteiger partial charge in [0, 0.05) is 19.3 Å². The van der Waals surface area contributed by atoms with Crippen molar-refractivity contribution in [2.75, 3.05) is 33.9 Å². The summed E-state index contributed by atoms with van der Waals surface area (Å²) in [6, 6.07) is 0. The number of ether oxygens (including phenoxy) is 3. The molecule has 0 radical (unpaired) electrons. The van der Waals surface area contributed by atoms with E-state index in [0.29, 0.717) is 32.5 Å². The molecule has 0 aliphatic rings. The normalized spacial score (nSPS) is 11.2. The van der Waals surface area contributed by atoms with Crippen LogP contribution in [0.2, 0.25) is 0 Å². The zero-order valence-corrected chi connectivity index (χ0v) is 32.7. The first-order chi connectivity index (χ1) is 24.2. The van der Waals surface area contributed by atoms with Crippen LogP contribution in [0.3, 0.4) is 0 Å². The second-order valence-electron chi connectivity index (χ2n) is 14.3. The van der Waals surface area contributed by atoms with Gasteiger partial charge in [-0.2, -0.15) is 0 Å². The fourth-order valence-electron chi connectivity index (χ4n) is 5.88. The Morgan fingerprint density at radius 3 is 1.28 bits per heavy atom. The maximum absolute atomic E-state index is 12.5. The van der Waals surface area contributed by atoms with E-state index in [1.807, 2.05) is 14.1 Å². The van der Waals surface area contributed by atoms with E-state index < -0.39 is 11.9 Å². The van der Waals surface area contributed by atoms with Crippen molar-refractivity contribution < 1.29 is 38.2 Å². The lowest BCUT2D eigenvalue weighted by Gasteiger charge is -2.18. The molecule has 0 unspecified atom stereocenters. The Hall–Kier alpha value is -2.29. The molecule has 0 aromatic carbocycles. The van der Waals surface area contributed by atoms with Crippen molar-refractivity contribution in [1.29, 1.82) is 0 Å². The molecule has 0 amide bonds. The molecule has 50 heavy (non-hydrogen) atoms. The number of hydrogen-bond donors (Lipinski definition) is 0. The summed E-state index contributed by atoms with van der Waals surface area (Å²) < 4.78 is 16.3. The van der Waals surface area contributed by atoms with E-state index in [1.54, 1.807) is 0 Å². The number of carbonyl (C=O) groups excluding carboxylic acids is 5. The zero-order valence-electron chi connectivity index (χ0n) is 32.7. The van der Waals surface area contributed by atoms with E-state index in [2.05, 4.69) is 18.7 Å². The van der Waals surface area contributed by atoms with Crippen molar-refractivity contribution in [2.45, 2.75) is 200 Å². The standard InChI is InChI=1S/C41H75NO8/c1-5-7-9-23-32-48-40(46)34-36(43)26-19-15-11-13-17-21-28-38(50-39(45)30-25-31-42(3)4)29-22-18-14-12-16-20-27-37(44)35-41(47)49-33-24-10-8-6-2/h38H,5-35H2,1-4H3. The zero-order chi connectivity index (χ0) is 37.1. The molecule has 0 atom stereocenters. The van der Waals surface area contributed by atoms with Gasteiger partial charge in [0.25, 0.3) is 0 Å². The SMILES string of the molecule is CCCCCCOC(=O)CC(=O)CCCCCCCCC(CCCCCCCCC(=O)CC(=O)OCCCCCC)OC(=O)CCCN(C)C. The highest BCUT2D eigenvalue weighted by Gasteiger charge is 2.15. The van der Waals surface area contributed by atoms with Gasteiger partial charge in [-0.15, -0.1) is 0 Å². The van der Waals surface area contributed by atoms with E-state index in [-0.39, 0.29) is 36.5 Å². The highest BCUT2D eigenvalue weighted by atomic mass is 16.5. The lowest BCUT2D eigenvalue weighted by Crippen LogP contribution is -2.20. The smallest absolute Gasteiger partial charge is 0.313 e. The van der Waals surface area contributed by atoms with Gasteiger partial charge in [-0.25, -0.2) is 0 Å². The van der Waals surface area contributed by atoms with Crippen molar-refractivity contribution in [2.24, 2.45) is 0 Å². The van der Waals surface area contributed by atoms with Crippen LogP contribution in [0.15, 0.2) is 0 Å². The van der Waals surface area contributed by atoms with E-state index in [1.165, 1.54) is 0 Å². The van der Waals surface area contributed by atoms with Crippen molar-refractivity contribution in [3.8, 4) is 0 Å². The minimum Gasteiger partial charge on any atom is -0.465 e. The van der Waals surface area contributed by atoms with Crippen LogP contribution >= 0.6 is 0 Å². The molecule has 0 aromatic heterocycles. The summed E-state index contributed by atoms with van der Waals surface area (Å²) in [6.07, 6.45) is 24.0. The number of rotatable bonds is 37. The molecule has 0 saturated carbocycles. The number of esters is 3. The number of carbonyl (C=O) groups is 5. The van der Waals surface area contributed by atoms with Crippen molar-refractivity contribution in [3.63, 3.8) is 0 Å². The van der Waals surface area contributed by atoms with Crippen molar-refractivity contribution in [3.05, 3.63) is 0 Å². The number of unbranched alkanes of at least 4 members (excludes halogenated alkanes) is 16. The maximum atomic E-state index is 12.5. The second-order valence-corrected chi connectivity index (χ2v) is 14.3. The average molecular weight is 710 g/mol. The van der Waals surface area contributed by atoms with Gasteiger partial charge in [0.05, 0.1) is 13.2 Å². The van der Waals surface area contributed by atoms with E-state index in [9.17, 15) is 24.0 Å². The number of Topliss-reactive ketones (excluding diaryl/α,β-unsaturated/α-hetero) is 2. The molecule has 0 fully saturated rings. The molecule has 0 bridgehead atoms. The molecule has 0 heterocycles. The molecular weight excluding hydrogens is 634 g/mol. The Balaban J connectivity index is 4.15. The maximum Gasteiger partial charge on any atom is 0.313 e. The minimum absolute atomic E-state index is 0.0313. The van der Waals surface area contributed by atoms with Gasteiger partial charge in [0.1, 0.15) is 30.5 Å². The lowest BCUT2D eigenvalue weighted by atomic mass is 10.0. The van der Waals surface area contributed by atoms with Crippen LogP contribution < -0.4 is 0 Å². The summed E-state index contributed by atoms with van der Waals surface area (Å²) in [7, 11) is 4.01. The first kappa shape index (κ1) is 47.7. The van der Waals surface area contributed by atoms with Crippen LogP contribution in [0.1, 0.15) is 194 Å². The molecule has 292 valence electrons. The van der Waals surface area contributed by atoms with E-state index in [4.69, 9.17) is 14.2 Å². The summed E-state index contributed by atoms with van der Waals surface area (Å²) in [4.78, 5) is 62.4. The highest BCUT2D eigenvalue weighted by molar-refractivity contribution is 5.95. The Labute approximate surface area is 305 Å². The summed E-state index contributed by atoms with van der Waals surface area (Å²) in [5.41, 5.74) is 0. The fraction of sp³-hybridized carbons (Fsp3) is 0.878. The number of hydrogen-bond acceptors (Lipinski definition) is 9. The van der Waals surface area contributed by atoms with Gasteiger partial charge in [-0.05, 0) is 78.4 Å². The van der Waals surface area contributed by atoms with Gasteiger partial charge in [0.2, 0.25) is 0 Å². The molecule has 9 heteroatoms. The van der Waals surface area contributed by atoms with E-state index in [0.717, 1.165) is 154 Å². The minimum atomic E-state index is -0.396.